The molecule has 1 amide bonds. The Hall–Kier alpha value is -2.62. The monoisotopic (exact) mass is 333 g/mol. The van der Waals surface area contributed by atoms with Crippen LogP contribution in [-0.4, -0.2) is 32.9 Å². The lowest BCUT2D eigenvalue weighted by atomic mass is 10.0. The van der Waals surface area contributed by atoms with Crippen LogP contribution >= 0.6 is 0 Å². The molecule has 4 nitrogen and oxygen atoms in total. The van der Waals surface area contributed by atoms with Gasteiger partial charge < -0.3 is 9.47 Å². The van der Waals surface area contributed by atoms with E-state index in [-0.39, 0.29) is 5.91 Å². The molecule has 0 radical (unpaired) electrons. The van der Waals surface area contributed by atoms with Crippen LogP contribution in [0.4, 0.5) is 0 Å². The van der Waals surface area contributed by atoms with Crippen LogP contribution in [0.1, 0.15) is 26.2 Å². The maximum atomic E-state index is 13.0. The molecule has 1 atom stereocenters. The molecule has 1 aromatic heterocycles. The molecule has 128 valence electrons. The second-order valence-electron chi connectivity index (χ2n) is 6.81. The van der Waals surface area contributed by atoms with Gasteiger partial charge in [0.1, 0.15) is 12.4 Å². The number of nitrogens with zero attached hydrogens (tertiary/aromatic N) is 3. The molecule has 0 spiro atoms. The van der Waals surface area contributed by atoms with E-state index in [9.17, 15) is 4.79 Å². The fourth-order valence-electron chi connectivity index (χ4n) is 3.74. The Morgan fingerprint density at radius 1 is 1.08 bits per heavy atom. The number of likely N-dealkylation sites (tertiary alicyclic amines) is 1. The van der Waals surface area contributed by atoms with Crippen molar-refractivity contribution >= 4 is 16.9 Å². The van der Waals surface area contributed by atoms with Crippen molar-refractivity contribution in [2.24, 2.45) is 0 Å². The summed E-state index contributed by atoms with van der Waals surface area (Å²) < 4.78 is 2.06. The number of imidazole rings is 1. The van der Waals surface area contributed by atoms with Gasteiger partial charge in [-0.3, -0.25) is 4.79 Å². The van der Waals surface area contributed by atoms with Gasteiger partial charge in [0, 0.05) is 18.2 Å². The lowest BCUT2D eigenvalue weighted by molar-refractivity contribution is -0.134. The average Bonchev–Trinajstić information content (AvgIpc) is 3.01. The Morgan fingerprint density at radius 3 is 2.64 bits per heavy atom. The molecule has 0 N–H and O–H groups in total. The smallest absolute Gasteiger partial charge is 0.242 e. The fraction of sp³-hybridized carbons (Fsp3) is 0.333. The minimum absolute atomic E-state index is 0.188. The summed E-state index contributed by atoms with van der Waals surface area (Å²) in [4.78, 5) is 19.8. The Bertz CT molecular complexity index is 885. The molecular formula is C21H23N3O. The largest absolute Gasteiger partial charge is 0.338 e. The van der Waals surface area contributed by atoms with Crippen LogP contribution in [-0.2, 0) is 11.3 Å². The van der Waals surface area contributed by atoms with Gasteiger partial charge in [-0.15, -0.1) is 0 Å². The standard InChI is InChI=1S/C21H23N3O/c1-16-9-7-8-14-23(16)20(25)15-24-19-13-6-5-12-18(19)22-21(24)17-10-3-2-4-11-17/h2-6,10-13,16H,7-9,14-15H2,1H3. The number of benzene rings is 2. The van der Waals surface area contributed by atoms with Gasteiger partial charge in [0.2, 0.25) is 5.91 Å². The van der Waals surface area contributed by atoms with E-state index in [1.54, 1.807) is 0 Å². The summed E-state index contributed by atoms with van der Waals surface area (Å²) in [6.07, 6.45) is 3.42. The zero-order valence-electron chi connectivity index (χ0n) is 14.6. The number of para-hydroxylation sites is 2. The van der Waals surface area contributed by atoms with Crippen LogP contribution < -0.4 is 0 Å². The first-order valence-corrected chi connectivity index (χ1v) is 9.04. The molecule has 4 heteroatoms. The predicted octanol–water partition coefficient (Wildman–Crippen LogP) is 4.10. The van der Waals surface area contributed by atoms with E-state index < -0.39 is 0 Å². The minimum atomic E-state index is 0.188. The summed E-state index contributed by atoms with van der Waals surface area (Å²) in [6, 6.07) is 18.5. The van der Waals surface area contributed by atoms with E-state index in [2.05, 4.69) is 11.5 Å². The highest BCUT2D eigenvalue weighted by Crippen LogP contribution is 2.25. The first-order valence-electron chi connectivity index (χ1n) is 9.04. The van der Waals surface area contributed by atoms with Crippen LogP contribution in [0.25, 0.3) is 22.4 Å². The molecule has 0 aliphatic carbocycles. The van der Waals surface area contributed by atoms with Crippen LogP contribution in [0.3, 0.4) is 0 Å². The number of carbonyl (C=O) groups is 1. The van der Waals surface area contributed by atoms with Crippen molar-refractivity contribution in [2.75, 3.05) is 6.54 Å². The van der Waals surface area contributed by atoms with Gasteiger partial charge in [0.05, 0.1) is 11.0 Å². The zero-order valence-corrected chi connectivity index (χ0v) is 14.6. The SMILES string of the molecule is CC1CCCCN1C(=O)Cn1c(-c2ccccc2)nc2ccccc21. The predicted molar refractivity (Wildman–Crippen MR) is 100 cm³/mol. The fourth-order valence-corrected chi connectivity index (χ4v) is 3.74. The normalized spacial score (nSPS) is 17.8. The third-order valence-corrected chi connectivity index (χ3v) is 5.10. The van der Waals surface area contributed by atoms with E-state index >= 15 is 0 Å². The third-order valence-electron chi connectivity index (χ3n) is 5.10. The summed E-state index contributed by atoms with van der Waals surface area (Å²) >= 11 is 0. The van der Waals surface area contributed by atoms with E-state index in [0.717, 1.165) is 41.8 Å². The number of rotatable bonds is 3. The number of piperidine rings is 1. The number of aromatic nitrogens is 2. The molecule has 4 rings (SSSR count). The minimum Gasteiger partial charge on any atom is -0.338 e. The first kappa shape index (κ1) is 15.9. The number of fused-ring (bicyclic) bond motifs is 1. The first-order chi connectivity index (χ1) is 12.2. The molecule has 1 unspecified atom stereocenters. The molecule has 0 saturated carbocycles. The molecule has 2 heterocycles. The van der Waals surface area contributed by atoms with E-state index in [4.69, 9.17) is 4.98 Å². The summed E-state index contributed by atoms with van der Waals surface area (Å²) in [6.45, 7) is 3.36. The third kappa shape index (κ3) is 3.04. The van der Waals surface area contributed by atoms with Gasteiger partial charge in [0.15, 0.2) is 0 Å². The van der Waals surface area contributed by atoms with Gasteiger partial charge >= 0.3 is 0 Å². The lowest BCUT2D eigenvalue weighted by Gasteiger charge is -2.33. The summed E-state index contributed by atoms with van der Waals surface area (Å²) in [5.41, 5.74) is 2.98. The van der Waals surface area contributed by atoms with Gasteiger partial charge in [0.25, 0.3) is 0 Å². The van der Waals surface area contributed by atoms with Crippen molar-refractivity contribution in [1.82, 2.24) is 14.5 Å². The van der Waals surface area contributed by atoms with Gasteiger partial charge in [-0.2, -0.15) is 0 Å². The van der Waals surface area contributed by atoms with Crippen molar-refractivity contribution in [3.8, 4) is 11.4 Å². The van der Waals surface area contributed by atoms with Crippen molar-refractivity contribution in [2.45, 2.75) is 38.8 Å². The van der Waals surface area contributed by atoms with Crippen LogP contribution in [0.2, 0.25) is 0 Å². The average molecular weight is 333 g/mol. The van der Waals surface area contributed by atoms with Crippen molar-refractivity contribution in [1.29, 1.82) is 0 Å². The quantitative estimate of drug-likeness (QED) is 0.723. The Balaban J connectivity index is 1.74. The number of amides is 1. The Morgan fingerprint density at radius 2 is 1.84 bits per heavy atom. The Labute approximate surface area is 148 Å². The van der Waals surface area contributed by atoms with Gasteiger partial charge in [-0.05, 0) is 38.3 Å². The van der Waals surface area contributed by atoms with Crippen molar-refractivity contribution in [3.05, 3.63) is 54.6 Å². The highest BCUT2D eigenvalue weighted by atomic mass is 16.2. The van der Waals surface area contributed by atoms with Gasteiger partial charge in [-0.1, -0.05) is 42.5 Å². The molecular weight excluding hydrogens is 310 g/mol. The molecule has 2 aromatic carbocycles. The summed E-state index contributed by atoms with van der Waals surface area (Å²) in [5.74, 6) is 1.05. The highest BCUT2D eigenvalue weighted by Gasteiger charge is 2.24. The molecule has 25 heavy (non-hydrogen) atoms. The highest BCUT2D eigenvalue weighted by molar-refractivity contribution is 5.84. The molecule has 1 aliphatic rings. The second-order valence-corrected chi connectivity index (χ2v) is 6.81. The van der Waals surface area contributed by atoms with Crippen LogP contribution in [0.5, 0.6) is 0 Å². The zero-order chi connectivity index (χ0) is 17.2. The van der Waals surface area contributed by atoms with Crippen molar-refractivity contribution in [3.63, 3.8) is 0 Å². The van der Waals surface area contributed by atoms with E-state index in [1.807, 2.05) is 59.5 Å². The van der Waals surface area contributed by atoms with E-state index in [1.165, 1.54) is 6.42 Å². The van der Waals surface area contributed by atoms with Crippen LogP contribution in [0.15, 0.2) is 54.6 Å². The number of carbonyl (C=O) groups excluding carboxylic acids is 1. The van der Waals surface area contributed by atoms with E-state index in [0.29, 0.717) is 12.6 Å². The van der Waals surface area contributed by atoms with Crippen LogP contribution in [0, 0.1) is 0 Å². The molecule has 3 aromatic rings. The molecule has 1 saturated heterocycles. The Kier molecular flexibility index (Phi) is 4.26. The summed E-state index contributed by atoms with van der Waals surface area (Å²) in [7, 11) is 0. The lowest BCUT2D eigenvalue weighted by Crippen LogP contribution is -2.43. The topological polar surface area (TPSA) is 38.1 Å². The molecule has 1 fully saturated rings. The number of hydrogen-bond donors (Lipinski definition) is 0. The summed E-state index contributed by atoms with van der Waals surface area (Å²) in [5, 5.41) is 0. The molecule has 0 bridgehead atoms. The second kappa shape index (κ2) is 6.71. The molecule has 1 aliphatic heterocycles. The maximum absolute atomic E-state index is 13.0. The van der Waals surface area contributed by atoms with Crippen molar-refractivity contribution < 1.29 is 4.79 Å². The van der Waals surface area contributed by atoms with Gasteiger partial charge in [-0.25, -0.2) is 4.98 Å². The maximum Gasteiger partial charge on any atom is 0.242 e. The number of hydrogen-bond acceptors (Lipinski definition) is 2.